The standard InChI is InChI=1S/C17H20N2O2/c1-12-6-4-7-13(10-12)11-19(2)17(20)14-8-5-9-15(21-3)16(14)18/h4-10H,11,18H2,1-3H3. The highest BCUT2D eigenvalue weighted by molar-refractivity contribution is 6.00. The first-order valence-corrected chi connectivity index (χ1v) is 6.76. The number of rotatable bonds is 4. The molecule has 0 bridgehead atoms. The van der Waals surface area contributed by atoms with Crippen molar-refractivity contribution in [2.24, 2.45) is 0 Å². The van der Waals surface area contributed by atoms with Crippen molar-refractivity contribution in [3.05, 3.63) is 59.2 Å². The monoisotopic (exact) mass is 284 g/mol. The predicted octanol–water partition coefficient (Wildman–Crippen LogP) is 2.86. The van der Waals surface area contributed by atoms with Crippen molar-refractivity contribution < 1.29 is 9.53 Å². The van der Waals surface area contributed by atoms with Gasteiger partial charge in [0, 0.05) is 13.6 Å². The van der Waals surface area contributed by atoms with Gasteiger partial charge in [-0.2, -0.15) is 0 Å². The average Bonchev–Trinajstić information content (AvgIpc) is 2.47. The number of benzene rings is 2. The summed E-state index contributed by atoms with van der Waals surface area (Å²) in [5.74, 6) is 0.401. The number of methoxy groups -OCH3 is 1. The molecule has 0 aliphatic rings. The SMILES string of the molecule is COc1cccc(C(=O)N(C)Cc2cccc(C)c2)c1N. The Kier molecular flexibility index (Phi) is 4.48. The Hall–Kier alpha value is -2.49. The van der Waals surface area contributed by atoms with Crippen molar-refractivity contribution in [3.63, 3.8) is 0 Å². The van der Waals surface area contributed by atoms with Crippen LogP contribution in [-0.4, -0.2) is 25.0 Å². The quantitative estimate of drug-likeness (QED) is 0.878. The number of para-hydroxylation sites is 1. The van der Waals surface area contributed by atoms with E-state index in [1.807, 2.05) is 25.1 Å². The maximum Gasteiger partial charge on any atom is 0.256 e. The van der Waals surface area contributed by atoms with Crippen molar-refractivity contribution in [2.75, 3.05) is 19.9 Å². The molecule has 0 spiro atoms. The molecule has 0 saturated carbocycles. The summed E-state index contributed by atoms with van der Waals surface area (Å²) >= 11 is 0. The molecule has 0 radical (unpaired) electrons. The summed E-state index contributed by atoms with van der Waals surface area (Å²) < 4.78 is 5.15. The number of nitrogens with two attached hydrogens (primary N) is 1. The number of hydrogen-bond acceptors (Lipinski definition) is 3. The fraction of sp³-hybridized carbons (Fsp3) is 0.235. The second kappa shape index (κ2) is 6.31. The molecule has 4 nitrogen and oxygen atoms in total. The van der Waals surface area contributed by atoms with E-state index in [4.69, 9.17) is 10.5 Å². The maximum absolute atomic E-state index is 12.5. The number of ether oxygens (including phenoxy) is 1. The molecular weight excluding hydrogens is 264 g/mol. The van der Waals surface area contributed by atoms with E-state index in [0.717, 1.165) is 5.56 Å². The molecular formula is C17H20N2O2. The third-order valence-corrected chi connectivity index (χ3v) is 3.37. The number of anilines is 1. The lowest BCUT2D eigenvalue weighted by Crippen LogP contribution is -2.27. The topological polar surface area (TPSA) is 55.6 Å². The molecule has 0 aromatic heterocycles. The van der Waals surface area contributed by atoms with Crippen molar-refractivity contribution in [1.29, 1.82) is 0 Å². The van der Waals surface area contributed by atoms with Gasteiger partial charge in [-0.25, -0.2) is 0 Å². The highest BCUT2D eigenvalue weighted by Gasteiger charge is 2.17. The molecule has 2 N–H and O–H groups in total. The zero-order chi connectivity index (χ0) is 15.4. The van der Waals surface area contributed by atoms with E-state index < -0.39 is 0 Å². The maximum atomic E-state index is 12.5. The number of amides is 1. The zero-order valence-corrected chi connectivity index (χ0v) is 12.6. The molecule has 4 heteroatoms. The predicted molar refractivity (Wildman–Crippen MR) is 84.4 cm³/mol. The Bertz CT molecular complexity index is 653. The van der Waals surface area contributed by atoms with Crippen LogP contribution < -0.4 is 10.5 Å². The van der Waals surface area contributed by atoms with Gasteiger partial charge >= 0.3 is 0 Å². The molecule has 110 valence electrons. The molecule has 0 aliphatic carbocycles. The smallest absolute Gasteiger partial charge is 0.256 e. The number of nitrogens with zero attached hydrogens (tertiary/aromatic N) is 1. The lowest BCUT2D eigenvalue weighted by molar-refractivity contribution is 0.0786. The minimum absolute atomic E-state index is 0.118. The van der Waals surface area contributed by atoms with Crippen molar-refractivity contribution >= 4 is 11.6 Å². The highest BCUT2D eigenvalue weighted by Crippen LogP contribution is 2.25. The zero-order valence-electron chi connectivity index (χ0n) is 12.6. The fourth-order valence-electron chi connectivity index (χ4n) is 2.27. The van der Waals surface area contributed by atoms with Gasteiger partial charge < -0.3 is 15.4 Å². The fourth-order valence-corrected chi connectivity index (χ4v) is 2.27. The largest absolute Gasteiger partial charge is 0.495 e. The Morgan fingerprint density at radius 3 is 2.62 bits per heavy atom. The van der Waals surface area contributed by atoms with Crippen molar-refractivity contribution in [2.45, 2.75) is 13.5 Å². The van der Waals surface area contributed by atoms with Crippen LogP contribution in [0.3, 0.4) is 0 Å². The molecule has 2 aromatic rings. The van der Waals surface area contributed by atoms with Crippen LogP contribution >= 0.6 is 0 Å². The van der Waals surface area contributed by atoms with E-state index in [1.54, 1.807) is 30.1 Å². The first kappa shape index (κ1) is 14.9. The molecule has 0 unspecified atom stereocenters. The number of aryl methyl sites for hydroxylation is 1. The molecule has 0 aliphatic heterocycles. The van der Waals surface area contributed by atoms with Crippen LogP contribution in [0.2, 0.25) is 0 Å². The van der Waals surface area contributed by atoms with Gasteiger partial charge in [0.15, 0.2) is 0 Å². The summed E-state index contributed by atoms with van der Waals surface area (Å²) in [6, 6.07) is 13.3. The van der Waals surface area contributed by atoms with Crippen LogP contribution in [0.1, 0.15) is 21.5 Å². The molecule has 0 heterocycles. The summed E-state index contributed by atoms with van der Waals surface area (Å²) in [6.07, 6.45) is 0. The van der Waals surface area contributed by atoms with E-state index in [1.165, 1.54) is 12.7 Å². The van der Waals surface area contributed by atoms with E-state index in [9.17, 15) is 4.79 Å². The molecule has 0 atom stereocenters. The first-order valence-electron chi connectivity index (χ1n) is 6.76. The lowest BCUT2D eigenvalue weighted by Gasteiger charge is -2.19. The first-order chi connectivity index (χ1) is 10.0. The number of carbonyl (C=O) groups is 1. The minimum atomic E-state index is -0.118. The Balaban J connectivity index is 2.20. The molecule has 2 rings (SSSR count). The van der Waals surface area contributed by atoms with Crippen molar-refractivity contribution in [3.8, 4) is 5.75 Å². The summed E-state index contributed by atoms with van der Waals surface area (Å²) in [5, 5.41) is 0. The van der Waals surface area contributed by atoms with Gasteiger partial charge in [0.05, 0.1) is 18.4 Å². The van der Waals surface area contributed by atoms with Gasteiger partial charge in [-0.1, -0.05) is 35.9 Å². The van der Waals surface area contributed by atoms with Crippen LogP contribution in [0.25, 0.3) is 0 Å². The Morgan fingerprint density at radius 1 is 1.24 bits per heavy atom. The number of nitrogen functional groups attached to an aromatic ring is 1. The summed E-state index contributed by atoms with van der Waals surface area (Å²) in [7, 11) is 3.31. The highest BCUT2D eigenvalue weighted by atomic mass is 16.5. The minimum Gasteiger partial charge on any atom is -0.495 e. The Labute approximate surface area is 125 Å². The lowest BCUT2D eigenvalue weighted by atomic mass is 10.1. The van der Waals surface area contributed by atoms with Gasteiger partial charge in [-0.15, -0.1) is 0 Å². The van der Waals surface area contributed by atoms with E-state index in [-0.39, 0.29) is 5.91 Å². The summed E-state index contributed by atoms with van der Waals surface area (Å²) in [4.78, 5) is 14.2. The molecule has 0 saturated heterocycles. The van der Waals surface area contributed by atoms with E-state index in [2.05, 4.69) is 6.07 Å². The third-order valence-electron chi connectivity index (χ3n) is 3.37. The molecule has 21 heavy (non-hydrogen) atoms. The molecule has 2 aromatic carbocycles. The van der Waals surface area contributed by atoms with Crippen molar-refractivity contribution in [1.82, 2.24) is 4.90 Å². The second-order valence-corrected chi connectivity index (χ2v) is 5.07. The second-order valence-electron chi connectivity index (χ2n) is 5.07. The number of hydrogen-bond donors (Lipinski definition) is 1. The van der Waals surface area contributed by atoms with Crippen LogP contribution in [0.4, 0.5) is 5.69 Å². The summed E-state index contributed by atoms with van der Waals surface area (Å²) in [6.45, 7) is 2.57. The average molecular weight is 284 g/mol. The van der Waals surface area contributed by atoms with Gasteiger partial charge in [0.2, 0.25) is 0 Å². The molecule has 1 amide bonds. The van der Waals surface area contributed by atoms with Gasteiger partial charge in [-0.05, 0) is 24.6 Å². The Morgan fingerprint density at radius 2 is 1.95 bits per heavy atom. The van der Waals surface area contributed by atoms with E-state index in [0.29, 0.717) is 23.5 Å². The summed E-state index contributed by atoms with van der Waals surface area (Å²) in [5.41, 5.74) is 9.08. The van der Waals surface area contributed by atoms with Gasteiger partial charge in [0.1, 0.15) is 5.75 Å². The van der Waals surface area contributed by atoms with Crippen LogP contribution in [0.5, 0.6) is 5.75 Å². The van der Waals surface area contributed by atoms with Crippen LogP contribution in [-0.2, 0) is 6.54 Å². The normalized spacial score (nSPS) is 10.2. The van der Waals surface area contributed by atoms with Crippen LogP contribution in [0.15, 0.2) is 42.5 Å². The third kappa shape index (κ3) is 3.34. The molecule has 0 fully saturated rings. The van der Waals surface area contributed by atoms with Gasteiger partial charge in [0.25, 0.3) is 5.91 Å². The van der Waals surface area contributed by atoms with Crippen LogP contribution in [0, 0.1) is 6.92 Å². The van der Waals surface area contributed by atoms with E-state index >= 15 is 0 Å². The number of carbonyl (C=O) groups excluding carboxylic acids is 1. The van der Waals surface area contributed by atoms with Gasteiger partial charge in [-0.3, -0.25) is 4.79 Å².